The van der Waals surface area contributed by atoms with E-state index >= 15 is 0 Å². The zero-order valence-electron chi connectivity index (χ0n) is 10.9. The van der Waals surface area contributed by atoms with Crippen LogP contribution in [0.4, 0.5) is 0 Å². The van der Waals surface area contributed by atoms with E-state index < -0.39 is 0 Å². The minimum absolute atomic E-state index is 0. The maximum atomic E-state index is 4.50. The number of pyridine rings is 1. The Bertz CT molecular complexity index is 396. The van der Waals surface area contributed by atoms with E-state index in [4.69, 9.17) is 0 Å². The highest BCUT2D eigenvalue weighted by molar-refractivity contribution is 5.85. The minimum atomic E-state index is 0. The Kier molecular flexibility index (Phi) is 4.60. The summed E-state index contributed by atoms with van der Waals surface area (Å²) in [7, 11) is 0. The van der Waals surface area contributed by atoms with Crippen LogP contribution in [0.2, 0.25) is 0 Å². The molecule has 1 aromatic heterocycles. The van der Waals surface area contributed by atoms with E-state index in [0.29, 0.717) is 6.04 Å². The van der Waals surface area contributed by atoms with E-state index in [1.807, 2.05) is 12.3 Å². The largest absolute Gasteiger partial charge is 0.310 e. The fourth-order valence-electron chi connectivity index (χ4n) is 3.05. The number of fused-ring (bicyclic) bond motifs is 2. The third-order valence-corrected chi connectivity index (χ3v) is 4.10. The molecule has 2 atom stereocenters. The van der Waals surface area contributed by atoms with E-state index in [-0.39, 0.29) is 12.4 Å². The van der Waals surface area contributed by atoms with Gasteiger partial charge in [0.15, 0.2) is 0 Å². The predicted molar refractivity (Wildman–Crippen MR) is 76.1 cm³/mol. The zero-order chi connectivity index (χ0) is 11.7. The Hall–Kier alpha value is -0.640. The number of halogens is 1. The molecule has 0 aliphatic carbocycles. The smallest absolute Gasteiger partial charge is 0.0573 e. The highest BCUT2D eigenvalue weighted by atomic mass is 35.5. The molecular formula is C14H22ClN3. The van der Waals surface area contributed by atoms with Gasteiger partial charge in [-0.2, -0.15) is 0 Å². The molecule has 0 amide bonds. The summed E-state index contributed by atoms with van der Waals surface area (Å²) in [6.07, 6.45) is 5.93. The van der Waals surface area contributed by atoms with Gasteiger partial charge in [0, 0.05) is 37.9 Å². The summed E-state index contributed by atoms with van der Waals surface area (Å²) < 4.78 is 0. The minimum Gasteiger partial charge on any atom is -0.310 e. The van der Waals surface area contributed by atoms with Gasteiger partial charge in [-0.15, -0.1) is 12.4 Å². The lowest BCUT2D eigenvalue weighted by Crippen LogP contribution is -2.35. The van der Waals surface area contributed by atoms with Crippen LogP contribution in [0.15, 0.2) is 18.3 Å². The Morgan fingerprint density at radius 2 is 2.17 bits per heavy atom. The van der Waals surface area contributed by atoms with E-state index in [0.717, 1.165) is 12.6 Å². The van der Waals surface area contributed by atoms with Crippen LogP contribution < -0.4 is 5.32 Å². The normalized spacial score (nSPS) is 27.6. The quantitative estimate of drug-likeness (QED) is 0.890. The van der Waals surface area contributed by atoms with Crippen molar-refractivity contribution in [2.24, 2.45) is 0 Å². The first-order valence-electron chi connectivity index (χ1n) is 6.70. The first kappa shape index (κ1) is 13.8. The van der Waals surface area contributed by atoms with Crippen LogP contribution in [0.25, 0.3) is 0 Å². The molecule has 0 spiro atoms. The van der Waals surface area contributed by atoms with Gasteiger partial charge >= 0.3 is 0 Å². The van der Waals surface area contributed by atoms with Gasteiger partial charge < -0.3 is 5.32 Å². The van der Waals surface area contributed by atoms with Gasteiger partial charge in [0.05, 0.1) is 5.69 Å². The average molecular weight is 268 g/mol. The van der Waals surface area contributed by atoms with E-state index in [2.05, 4.69) is 28.2 Å². The van der Waals surface area contributed by atoms with Crippen LogP contribution in [0.5, 0.6) is 0 Å². The molecule has 2 bridgehead atoms. The highest BCUT2D eigenvalue weighted by Crippen LogP contribution is 2.21. The monoisotopic (exact) mass is 267 g/mol. The second-order valence-corrected chi connectivity index (χ2v) is 5.43. The summed E-state index contributed by atoms with van der Waals surface area (Å²) in [4.78, 5) is 7.06. The molecule has 100 valence electrons. The number of aryl methyl sites for hydroxylation is 1. The third kappa shape index (κ3) is 3.02. The molecule has 4 heteroatoms. The molecule has 1 aromatic rings. The molecule has 0 radical (unpaired) electrons. The molecule has 1 N–H and O–H groups in total. The number of rotatable bonds is 2. The van der Waals surface area contributed by atoms with Crippen LogP contribution in [-0.2, 0) is 6.54 Å². The molecule has 0 aromatic carbocycles. The number of aromatic nitrogens is 1. The number of hydrogen-bond donors (Lipinski definition) is 1. The van der Waals surface area contributed by atoms with Crippen molar-refractivity contribution >= 4 is 12.4 Å². The lowest BCUT2D eigenvalue weighted by molar-refractivity contribution is 0.247. The van der Waals surface area contributed by atoms with Crippen molar-refractivity contribution < 1.29 is 0 Å². The fraction of sp³-hybridized carbons (Fsp3) is 0.643. The van der Waals surface area contributed by atoms with Crippen LogP contribution in [0, 0.1) is 6.92 Å². The number of likely N-dealkylation sites (tertiary alicyclic amines) is 1. The molecule has 18 heavy (non-hydrogen) atoms. The maximum absolute atomic E-state index is 4.50. The zero-order valence-corrected chi connectivity index (χ0v) is 11.7. The fourth-order valence-corrected chi connectivity index (χ4v) is 3.05. The predicted octanol–water partition coefficient (Wildman–Crippen LogP) is 2.14. The number of hydrogen-bond acceptors (Lipinski definition) is 3. The molecule has 3 rings (SSSR count). The van der Waals surface area contributed by atoms with Gasteiger partial charge in [-0.1, -0.05) is 6.07 Å². The lowest BCUT2D eigenvalue weighted by atomic mass is 10.1. The molecular weight excluding hydrogens is 246 g/mol. The van der Waals surface area contributed by atoms with Gasteiger partial charge in [0.1, 0.15) is 0 Å². The topological polar surface area (TPSA) is 28.2 Å². The van der Waals surface area contributed by atoms with Gasteiger partial charge in [-0.05, 0) is 37.8 Å². The van der Waals surface area contributed by atoms with Crippen molar-refractivity contribution in [3.8, 4) is 0 Å². The summed E-state index contributed by atoms with van der Waals surface area (Å²) in [5.74, 6) is 0. The van der Waals surface area contributed by atoms with Crippen LogP contribution >= 0.6 is 12.4 Å². The number of nitrogens with zero attached hydrogens (tertiary/aromatic N) is 2. The second-order valence-electron chi connectivity index (χ2n) is 5.43. The Balaban J connectivity index is 0.00000120. The van der Waals surface area contributed by atoms with E-state index in [1.54, 1.807) is 0 Å². The Morgan fingerprint density at radius 1 is 1.33 bits per heavy atom. The summed E-state index contributed by atoms with van der Waals surface area (Å²) in [5.41, 5.74) is 2.56. The SMILES string of the molecule is Cc1cccnc1CN1CCC2CCC(C1)N2.Cl. The first-order chi connectivity index (χ1) is 8.31. The van der Waals surface area contributed by atoms with Gasteiger partial charge in [0.2, 0.25) is 0 Å². The van der Waals surface area contributed by atoms with Gasteiger partial charge in [-0.25, -0.2) is 0 Å². The number of nitrogens with one attached hydrogen (secondary N) is 1. The molecule has 0 saturated carbocycles. The van der Waals surface area contributed by atoms with Crippen LogP contribution in [-0.4, -0.2) is 35.1 Å². The van der Waals surface area contributed by atoms with E-state index in [9.17, 15) is 0 Å². The van der Waals surface area contributed by atoms with Crippen molar-refractivity contribution in [1.82, 2.24) is 15.2 Å². The molecule has 3 nitrogen and oxygen atoms in total. The van der Waals surface area contributed by atoms with Crippen molar-refractivity contribution in [3.05, 3.63) is 29.6 Å². The Morgan fingerprint density at radius 3 is 3.00 bits per heavy atom. The van der Waals surface area contributed by atoms with Gasteiger partial charge in [0.25, 0.3) is 0 Å². The van der Waals surface area contributed by atoms with Crippen LogP contribution in [0.3, 0.4) is 0 Å². The van der Waals surface area contributed by atoms with Crippen molar-refractivity contribution in [2.75, 3.05) is 13.1 Å². The average Bonchev–Trinajstić information content (AvgIpc) is 2.65. The highest BCUT2D eigenvalue weighted by Gasteiger charge is 2.29. The van der Waals surface area contributed by atoms with Crippen LogP contribution in [0.1, 0.15) is 30.5 Å². The standard InChI is InChI=1S/C14H21N3.ClH/c1-11-3-2-7-15-14(11)10-17-8-6-12-4-5-13(9-17)16-12;/h2-3,7,12-13,16H,4-6,8-10H2,1H3;1H. The molecule has 2 saturated heterocycles. The second kappa shape index (κ2) is 6.00. The summed E-state index contributed by atoms with van der Waals surface area (Å²) >= 11 is 0. The molecule has 2 aliphatic heterocycles. The molecule has 3 heterocycles. The first-order valence-corrected chi connectivity index (χ1v) is 6.70. The van der Waals surface area contributed by atoms with E-state index in [1.165, 1.54) is 43.6 Å². The molecule has 2 aliphatic rings. The summed E-state index contributed by atoms with van der Waals surface area (Å²) in [6.45, 7) is 5.57. The van der Waals surface area contributed by atoms with Crippen molar-refractivity contribution in [2.45, 2.75) is 44.8 Å². The third-order valence-electron chi connectivity index (χ3n) is 4.10. The summed E-state index contributed by atoms with van der Waals surface area (Å²) in [6, 6.07) is 5.66. The lowest BCUT2D eigenvalue weighted by Gasteiger charge is -2.24. The molecule has 2 unspecified atom stereocenters. The molecule has 2 fully saturated rings. The van der Waals surface area contributed by atoms with Crippen molar-refractivity contribution in [3.63, 3.8) is 0 Å². The van der Waals surface area contributed by atoms with Gasteiger partial charge in [-0.3, -0.25) is 9.88 Å². The maximum Gasteiger partial charge on any atom is 0.0573 e. The van der Waals surface area contributed by atoms with Crippen molar-refractivity contribution in [1.29, 1.82) is 0 Å². The summed E-state index contributed by atoms with van der Waals surface area (Å²) in [5, 5.41) is 3.72. The Labute approximate surface area is 115 Å².